The molecule has 1 heterocycles. The number of aliphatic carboxylic acids is 1. The van der Waals surface area contributed by atoms with E-state index in [4.69, 9.17) is 5.11 Å². The first kappa shape index (κ1) is 15.5. The van der Waals surface area contributed by atoms with Crippen molar-refractivity contribution in [3.8, 4) is 0 Å². The molecule has 1 N–H and O–H groups in total. The molecule has 1 rings (SSSR count). The molecular formula is C13H22N2O4. The van der Waals surface area contributed by atoms with E-state index < -0.39 is 12.0 Å². The van der Waals surface area contributed by atoms with E-state index in [1.807, 2.05) is 6.92 Å². The molecule has 0 aromatic heterocycles. The second kappa shape index (κ2) is 7.11. The molecule has 0 bridgehead atoms. The Balaban J connectivity index is 2.73. The first-order chi connectivity index (χ1) is 9.01. The Kier molecular flexibility index (Phi) is 5.79. The van der Waals surface area contributed by atoms with Crippen LogP contribution >= 0.6 is 0 Å². The summed E-state index contributed by atoms with van der Waals surface area (Å²) >= 11 is 0. The van der Waals surface area contributed by atoms with Gasteiger partial charge in [0.25, 0.3) is 0 Å². The van der Waals surface area contributed by atoms with Crippen molar-refractivity contribution in [3.63, 3.8) is 0 Å². The molecule has 1 fully saturated rings. The number of amides is 2. The Labute approximate surface area is 113 Å². The monoisotopic (exact) mass is 270 g/mol. The molecule has 0 aliphatic carbocycles. The first-order valence-electron chi connectivity index (χ1n) is 6.81. The maximum atomic E-state index is 12.3. The normalized spacial score (nSPS) is 18.4. The fraction of sp³-hybridized carbons (Fsp3) is 0.769. The lowest BCUT2D eigenvalue weighted by molar-refractivity contribution is -0.148. The average Bonchev–Trinajstić information content (AvgIpc) is 2.84. The standard InChI is InChI=1S/C13H22N2O4/c1-3-6-11(16)15-8-5-7-10(15)13(19)14(4-2)9-12(17)18/h10H,3-9H2,1-2H3,(H,17,18). The summed E-state index contributed by atoms with van der Waals surface area (Å²) in [4.78, 5) is 37.9. The molecule has 0 saturated carbocycles. The van der Waals surface area contributed by atoms with Crippen LogP contribution in [0, 0.1) is 0 Å². The number of likely N-dealkylation sites (N-methyl/N-ethyl adjacent to an activating group) is 1. The summed E-state index contributed by atoms with van der Waals surface area (Å²) in [5.41, 5.74) is 0. The molecule has 1 atom stereocenters. The summed E-state index contributed by atoms with van der Waals surface area (Å²) in [6.45, 7) is 4.31. The van der Waals surface area contributed by atoms with E-state index in [9.17, 15) is 14.4 Å². The second-order valence-electron chi connectivity index (χ2n) is 4.74. The van der Waals surface area contributed by atoms with Gasteiger partial charge in [-0.2, -0.15) is 0 Å². The van der Waals surface area contributed by atoms with Gasteiger partial charge in [-0.05, 0) is 26.2 Å². The Morgan fingerprint density at radius 2 is 2.00 bits per heavy atom. The number of likely N-dealkylation sites (tertiary alicyclic amines) is 1. The highest BCUT2D eigenvalue weighted by atomic mass is 16.4. The van der Waals surface area contributed by atoms with E-state index in [0.29, 0.717) is 25.9 Å². The van der Waals surface area contributed by atoms with Gasteiger partial charge in [-0.1, -0.05) is 6.92 Å². The molecule has 19 heavy (non-hydrogen) atoms. The SMILES string of the molecule is CCCC(=O)N1CCCC1C(=O)N(CC)CC(=O)O. The Morgan fingerprint density at radius 3 is 2.53 bits per heavy atom. The third-order valence-electron chi connectivity index (χ3n) is 3.34. The lowest BCUT2D eigenvalue weighted by Crippen LogP contribution is -2.49. The number of nitrogens with zero attached hydrogens (tertiary/aromatic N) is 2. The highest BCUT2D eigenvalue weighted by Gasteiger charge is 2.36. The molecule has 0 radical (unpaired) electrons. The first-order valence-corrected chi connectivity index (χ1v) is 6.81. The van der Waals surface area contributed by atoms with E-state index >= 15 is 0 Å². The maximum absolute atomic E-state index is 12.3. The molecule has 1 unspecified atom stereocenters. The molecule has 0 aromatic rings. The van der Waals surface area contributed by atoms with Crippen molar-refractivity contribution in [2.24, 2.45) is 0 Å². The molecule has 6 nitrogen and oxygen atoms in total. The highest BCUT2D eigenvalue weighted by Crippen LogP contribution is 2.20. The van der Waals surface area contributed by atoms with Gasteiger partial charge in [0.1, 0.15) is 12.6 Å². The van der Waals surface area contributed by atoms with Crippen LogP contribution in [-0.2, 0) is 14.4 Å². The summed E-state index contributed by atoms with van der Waals surface area (Å²) in [6.07, 6.45) is 2.62. The minimum absolute atomic E-state index is 0.00951. The van der Waals surface area contributed by atoms with Crippen molar-refractivity contribution in [1.82, 2.24) is 9.80 Å². The molecule has 0 spiro atoms. The lowest BCUT2D eigenvalue weighted by atomic mass is 10.1. The molecule has 1 saturated heterocycles. The molecule has 0 aromatic carbocycles. The van der Waals surface area contributed by atoms with Gasteiger partial charge in [-0.25, -0.2) is 0 Å². The topological polar surface area (TPSA) is 77.9 Å². The number of rotatable bonds is 6. The summed E-state index contributed by atoms with van der Waals surface area (Å²) in [6, 6.07) is -0.474. The highest BCUT2D eigenvalue weighted by molar-refractivity contribution is 5.90. The van der Waals surface area contributed by atoms with E-state index in [-0.39, 0.29) is 18.4 Å². The molecular weight excluding hydrogens is 248 g/mol. The van der Waals surface area contributed by atoms with Gasteiger partial charge in [0, 0.05) is 19.5 Å². The Bertz CT molecular complexity index is 357. The number of hydrogen-bond acceptors (Lipinski definition) is 3. The zero-order valence-electron chi connectivity index (χ0n) is 11.6. The van der Waals surface area contributed by atoms with Crippen LogP contribution in [0.15, 0.2) is 0 Å². The van der Waals surface area contributed by atoms with Crippen LogP contribution in [0.3, 0.4) is 0 Å². The molecule has 6 heteroatoms. The molecule has 1 aliphatic heterocycles. The fourth-order valence-corrected chi connectivity index (χ4v) is 2.40. The Morgan fingerprint density at radius 1 is 1.32 bits per heavy atom. The van der Waals surface area contributed by atoms with E-state index in [2.05, 4.69) is 0 Å². The maximum Gasteiger partial charge on any atom is 0.323 e. The number of carbonyl (C=O) groups excluding carboxylic acids is 2. The zero-order valence-corrected chi connectivity index (χ0v) is 11.6. The van der Waals surface area contributed by atoms with Crippen LogP contribution in [0.1, 0.15) is 39.5 Å². The van der Waals surface area contributed by atoms with Crippen molar-refractivity contribution in [3.05, 3.63) is 0 Å². The third kappa shape index (κ3) is 3.94. The second-order valence-corrected chi connectivity index (χ2v) is 4.74. The van der Waals surface area contributed by atoms with Crippen molar-refractivity contribution in [2.75, 3.05) is 19.6 Å². The minimum atomic E-state index is -1.03. The molecule has 2 amide bonds. The van der Waals surface area contributed by atoms with Crippen molar-refractivity contribution in [1.29, 1.82) is 0 Å². The van der Waals surface area contributed by atoms with Crippen LogP contribution in [0.25, 0.3) is 0 Å². The van der Waals surface area contributed by atoms with Gasteiger partial charge >= 0.3 is 5.97 Å². The van der Waals surface area contributed by atoms with Gasteiger partial charge in [0.05, 0.1) is 0 Å². The van der Waals surface area contributed by atoms with Gasteiger partial charge in [-0.3, -0.25) is 14.4 Å². The van der Waals surface area contributed by atoms with Crippen LogP contribution < -0.4 is 0 Å². The number of carboxylic acids is 1. The quantitative estimate of drug-likeness (QED) is 0.771. The van der Waals surface area contributed by atoms with Gasteiger partial charge in [-0.15, -0.1) is 0 Å². The van der Waals surface area contributed by atoms with Gasteiger partial charge in [0.15, 0.2) is 0 Å². The van der Waals surface area contributed by atoms with E-state index in [0.717, 1.165) is 12.8 Å². The van der Waals surface area contributed by atoms with Crippen LogP contribution in [-0.4, -0.2) is 58.4 Å². The van der Waals surface area contributed by atoms with E-state index in [1.54, 1.807) is 11.8 Å². The summed E-state index contributed by atoms with van der Waals surface area (Å²) < 4.78 is 0. The predicted octanol–water partition coefficient (Wildman–Crippen LogP) is 0.711. The van der Waals surface area contributed by atoms with E-state index in [1.165, 1.54) is 4.90 Å². The summed E-state index contributed by atoms with van der Waals surface area (Å²) in [5.74, 6) is -1.28. The van der Waals surface area contributed by atoms with Crippen molar-refractivity contribution >= 4 is 17.8 Å². The number of carbonyl (C=O) groups is 3. The zero-order chi connectivity index (χ0) is 14.4. The van der Waals surface area contributed by atoms with Crippen LogP contribution in [0.4, 0.5) is 0 Å². The van der Waals surface area contributed by atoms with Gasteiger partial charge < -0.3 is 14.9 Å². The molecule has 1 aliphatic rings. The molecule has 108 valence electrons. The summed E-state index contributed by atoms with van der Waals surface area (Å²) in [7, 11) is 0. The average molecular weight is 270 g/mol. The van der Waals surface area contributed by atoms with Crippen LogP contribution in [0.5, 0.6) is 0 Å². The van der Waals surface area contributed by atoms with Crippen molar-refractivity contribution in [2.45, 2.75) is 45.6 Å². The predicted molar refractivity (Wildman–Crippen MR) is 69.5 cm³/mol. The summed E-state index contributed by atoms with van der Waals surface area (Å²) in [5, 5.41) is 8.79. The largest absolute Gasteiger partial charge is 0.480 e. The van der Waals surface area contributed by atoms with Gasteiger partial charge in [0.2, 0.25) is 11.8 Å². The van der Waals surface area contributed by atoms with Crippen LogP contribution in [0.2, 0.25) is 0 Å². The minimum Gasteiger partial charge on any atom is -0.480 e. The third-order valence-corrected chi connectivity index (χ3v) is 3.34. The van der Waals surface area contributed by atoms with Crippen molar-refractivity contribution < 1.29 is 19.5 Å². The number of carboxylic acid groups (broad SMARTS) is 1. The lowest BCUT2D eigenvalue weighted by Gasteiger charge is -2.28. The fourth-order valence-electron chi connectivity index (χ4n) is 2.40. The number of hydrogen-bond donors (Lipinski definition) is 1. The Hall–Kier alpha value is -1.59. The smallest absolute Gasteiger partial charge is 0.323 e.